The largest absolute Gasteiger partial charge is 0.337 e. The van der Waals surface area contributed by atoms with Crippen LogP contribution in [0.4, 0.5) is 4.39 Å². The summed E-state index contributed by atoms with van der Waals surface area (Å²) in [6.45, 7) is 1.51. The van der Waals surface area contributed by atoms with E-state index in [-0.39, 0.29) is 18.0 Å². The lowest BCUT2D eigenvalue weighted by Crippen LogP contribution is -2.34. The van der Waals surface area contributed by atoms with Gasteiger partial charge in [-0.1, -0.05) is 11.8 Å². The number of nitrogens with two attached hydrogens (primary N) is 1. The predicted molar refractivity (Wildman–Crippen MR) is 80.3 cm³/mol. The minimum atomic E-state index is -0.508. The monoisotopic (exact) mass is 289 g/mol. The van der Waals surface area contributed by atoms with Crippen LogP contribution in [0.3, 0.4) is 0 Å². The molecule has 0 spiro atoms. The number of carbonyl (C=O) groups excluding carboxylic acids is 1. The SMILES string of the molecule is CN(C)C1CCN(C(=O)c2cc(C#CCN)ccc2F)C1. The van der Waals surface area contributed by atoms with E-state index < -0.39 is 5.82 Å². The van der Waals surface area contributed by atoms with Crippen LogP contribution in [0.15, 0.2) is 18.2 Å². The Morgan fingerprint density at radius 1 is 1.52 bits per heavy atom. The Morgan fingerprint density at radius 3 is 2.90 bits per heavy atom. The van der Waals surface area contributed by atoms with Crippen molar-refractivity contribution >= 4 is 5.91 Å². The van der Waals surface area contributed by atoms with Crippen LogP contribution >= 0.6 is 0 Å². The second kappa shape index (κ2) is 6.70. The first-order valence-electron chi connectivity index (χ1n) is 6.97. The molecule has 21 heavy (non-hydrogen) atoms. The van der Waals surface area contributed by atoms with Crippen LogP contribution in [0.25, 0.3) is 0 Å². The molecule has 1 saturated heterocycles. The van der Waals surface area contributed by atoms with Gasteiger partial charge in [0, 0.05) is 24.7 Å². The zero-order valence-electron chi connectivity index (χ0n) is 12.4. The van der Waals surface area contributed by atoms with Gasteiger partial charge in [0.1, 0.15) is 5.82 Å². The molecule has 1 unspecified atom stereocenters. The minimum absolute atomic E-state index is 0.0817. The molecule has 1 amide bonds. The summed E-state index contributed by atoms with van der Waals surface area (Å²) in [5.41, 5.74) is 6.01. The highest BCUT2D eigenvalue weighted by Crippen LogP contribution is 2.19. The van der Waals surface area contributed by atoms with Gasteiger partial charge in [0.25, 0.3) is 5.91 Å². The molecule has 0 saturated carbocycles. The average molecular weight is 289 g/mol. The summed E-state index contributed by atoms with van der Waals surface area (Å²) in [6, 6.07) is 4.68. The van der Waals surface area contributed by atoms with Crippen molar-refractivity contribution < 1.29 is 9.18 Å². The summed E-state index contributed by atoms with van der Waals surface area (Å²) in [5, 5.41) is 0. The van der Waals surface area contributed by atoms with Gasteiger partial charge in [-0.25, -0.2) is 4.39 Å². The smallest absolute Gasteiger partial charge is 0.256 e. The number of halogens is 1. The third-order valence-corrected chi connectivity index (χ3v) is 3.71. The molecule has 4 nitrogen and oxygen atoms in total. The van der Waals surface area contributed by atoms with E-state index in [2.05, 4.69) is 16.7 Å². The molecule has 5 heteroatoms. The van der Waals surface area contributed by atoms with Crippen LogP contribution in [-0.4, -0.2) is 55.5 Å². The molecule has 112 valence electrons. The van der Waals surface area contributed by atoms with E-state index in [0.29, 0.717) is 24.7 Å². The number of nitrogens with zero attached hydrogens (tertiary/aromatic N) is 2. The van der Waals surface area contributed by atoms with Crippen LogP contribution in [-0.2, 0) is 0 Å². The third-order valence-electron chi connectivity index (χ3n) is 3.71. The Bertz CT molecular complexity index is 589. The quantitative estimate of drug-likeness (QED) is 0.824. The van der Waals surface area contributed by atoms with Gasteiger partial charge in [-0.05, 0) is 38.7 Å². The molecule has 1 fully saturated rings. The van der Waals surface area contributed by atoms with Gasteiger partial charge < -0.3 is 15.5 Å². The Kier molecular flexibility index (Phi) is 4.94. The van der Waals surface area contributed by atoms with Gasteiger partial charge in [0.15, 0.2) is 0 Å². The average Bonchev–Trinajstić information content (AvgIpc) is 2.95. The van der Waals surface area contributed by atoms with Crippen LogP contribution in [0.1, 0.15) is 22.3 Å². The summed E-state index contributed by atoms with van der Waals surface area (Å²) < 4.78 is 13.9. The number of likely N-dealkylation sites (tertiary alicyclic amines) is 1. The van der Waals surface area contributed by atoms with Crippen molar-refractivity contribution in [1.82, 2.24) is 9.80 Å². The van der Waals surface area contributed by atoms with E-state index >= 15 is 0 Å². The van der Waals surface area contributed by atoms with Crippen molar-refractivity contribution in [1.29, 1.82) is 0 Å². The maximum atomic E-state index is 13.9. The van der Waals surface area contributed by atoms with Crippen molar-refractivity contribution in [3.05, 3.63) is 35.1 Å². The Morgan fingerprint density at radius 2 is 2.29 bits per heavy atom. The molecule has 1 aromatic rings. The lowest BCUT2D eigenvalue weighted by molar-refractivity contribution is 0.0778. The molecule has 0 aliphatic carbocycles. The Hall–Kier alpha value is -1.90. The minimum Gasteiger partial charge on any atom is -0.337 e. The zero-order chi connectivity index (χ0) is 15.4. The summed E-state index contributed by atoms with van der Waals surface area (Å²) in [4.78, 5) is 16.2. The van der Waals surface area contributed by atoms with Crippen molar-refractivity contribution in [3.63, 3.8) is 0 Å². The fourth-order valence-electron chi connectivity index (χ4n) is 2.44. The van der Waals surface area contributed by atoms with Gasteiger partial charge in [0.2, 0.25) is 0 Å². The molecule has 0 bridgehead atoms. The molecule has 2 N–H and O–H groups in total. The van der Waals surface area contributed by atoms with Crippen LogP contribution in [0.5, 0.6) is 0 Å². The van der Waals surface area contributed by atoms with E-state index in [1.165, 1.54) is 12.1 Å². The van der Waals surface area contributed by atoms with Gasteiger partial charge in [-0.2, -0.15) is 0 Å². The second-order valence-corrected chi connectivity index (χ2v) is 5.36. The molecule has 1 aromatic carbocycles. The summed E-state index contributed by atoms with van der Waals surface area (Å²) in [6.07, 6.45) is 0.910. The number of hydrogen-bond acceptors (Lipinski definition) is 3. The molecule has 0 radical (unpaired) electrons. The highest BCUT2D eigenvalue weighted by Gasteiger charge is 2.29. The number of likely N-dealkylation sites (N-methyl/N-ethyl adjacent to an activating group) is 1. The number of carbonyl (C=O) groups is 1. The molecule has 1 heterocycles. The highest BCUT2D eigenvalue weighted by molar-refractivity contribution is 5.95. The molecule has 2 rings (SSSR count). The summed E-state index contributed by atoms with van der Waals surface area (Å²) in [7, 11) is 3.98. The van der Waals surface area contributed by atoms with E-state index in [1.54, 1.807) is 11.0 Å². The summed E-state index contributed by atoms with van der Waals surface area (Å²) >= 11 is 0. The zero-order valence-corrected chi connectivity index (χ0v) is 12.4. The molecular formula is C16H20FN3O. The van der Waals surface area contributed by atoms with E-state index in [0.717, 1.165) is 6.42 Å². The Balaban J connectivity index is 2.19. The predicted octanol–water partition coefficient (Wildman–Crippen LogP) is 0.912. The third kappa shape index (κ3) is 3.60. The molecule has 1 aliphatic heterocycles. The molecule has 1 atom stereocenters. The van der Waals surface area contributed by atoms with E-state index in [1.807, 2.05) is 14.1 Å². The molecule has 1 aliphatic rings. The number of benzene rings is 1. The lowest BCUT2D eigenvalue weighted by Gasteiger charge is -2.20. The normalized spacial score (nSPS) is 17.8. The van der Waals surface area contributed by atoms with Gasteiger partial charge >= 0.3 is 0 Å². The van der Waals surface area contributed by atoms with Crippen LogP contribution in [0.2, 0.25) is 0 Å². The number of amides is 1. The lowest BCUT2D eigenvalue weighted by atomic mass is 10.1. The van der Waals surface area contributed by atoms with Crippen molar-refractivity contribution in [2.24, 2.45) is 5.73 Å². The standard InChI is InChI=1S/C16H20FN3O/c1-19(2)13-7-9-20(11-13)16(21)14-10-12(4-3-8-18)5-6-15(14)17/h5-6,10,13H,7-9,11,18H2,1-2H3. The van der Waals surface area contributed by atoms with Crippen molar-refractivity contribution in [3.8, 4) is 11.8 Å². The fourth-order valence-corrected chi connectivity index (χ4v) is 2.44. The highest BCUT2D eigenvalue weighted by atomic mass is 19.1. The maximum absolute atomic E-state index is 13.9. The first-order valence-corrected chi connectivity index (χ1v) is 6.97. The van der Waals surface area contributed by atoms with Crippen molar-refractivity contribution in [2.45, 2.75) is 12.5 Å². The molecule has 0 aromatic heterocycles. The van der Waals surface area contributed by atoms with Gasteiger partial charge in [-0.3, -0.25) is 4.79 Å². The second-order valence-electron chi connectivity index (χ2n) is 5.36. The molecular weight excluding hydrogens is 269 g/mol. The maximum Gasteiger partial charge on any atom is 0.256 e. The van der Waals surface area contributed by atoms with Crippen LogP contribution in [0, 0.1) is 17.7 Å². The first kappa shape index (κ1) is 15.5. The topological polar surface area (TPSA) is 49.6 Å². The summed E-state index contributed by atoms with van der Waals surface area (Å²) in [5.74, 6) is 4.75. The van der Waals surface area contributed by atoms with Gasteiger partial charge in [0.05, 0.1) is 12.1 Å². The van der Waals surface area contributed by atoms with Gasteiger partial charge in [-0.15, -0.1) is 0 Å². The van der Waals surface area contributed by atoms with E-state index in [4.69, 9.17) is 5.73 Å². The first-order chi connectivity index (χ1) is 10.0. The number of hydrogen-bond donors (Lipinski definition) is 1. The fraction of sp³-hybridized carbons (Fsp3) is 0.438. The van der Waals surface area contributed by atoms with Crippen molar-refractivity contribution in [2.75, 3.05) is 33.7 Å². The van der Waals surface area contributed by atoms with E-state index in [9.17, 15) is 9.18 Å². The van der Waals surface area contributed by atoms with Crippen LogP contribution < -0.4 is 5.73 Å². The number of rotatable bonds is 2. The Labute approximate surface area is 124 Å².